The number of nitrogens with zero attached hydrogens (tertiary/aromatic N) is 4. The number of fused-ring (bicyclic) bond motifs is 3. The van der Waals surface area contributed by atoms with E-state index >= 15 is 0 Å². The number of non-ortho nitro benzene ring substituents is 2. The van der Waals surface area contributed by atoms with Crippen molar-refractivity contribution in [3.05, 3.63) is 102 Å². The highest BCUT2D eigenvalue weighted by atomic mass is 16.6. The Kier molecular flexibility index (Phi) is 5.16. The molecule has 0 atom stereocenters. The predicted molar refractivity (Wildman–Crippen MR) is 114 cm³/mol. The number of rotatable bonds is 6. The lowest BCUT2D eigenvalue weighted by molar-refractivity contribution is -0.393. The lowest BCUT2D eigenvalue weighted by atomic mass is 10.0. The summed E-state index contributed by atoms with van der Waals surface area (Å²) in [5.74, 6) is 0. The summed E-state index contributed by atoms with van der Waals surface area (Å²) >= 11 is 0. The maximum absolute atomic E-state index is 11.7. The van der Waals surface area contributed by atoms with Crippen molar-refractivity contribution in [1.82, 2.24) is 0 Å². The van der Waals surface area contributed by atoms with Gasteiger partial charge in [-0.2, -0.15) is 0 Å². The van der Waals surface area contributed by atoms with Crippen molar-refractivity contribution >= 4 is 28.5 Å². The number of aliphatic hydroxyl groups excluding tert-OH is 1. The SMILES string of the molecule is O=[N+]([O-])c1ccc2c(c1)C(=Nc1ccc(CCO)cc1)c1cc([N+](=O)[O-])cc([N+](=O)[O-])c1-2. The fourth-order valence-electron chi connectivity index (χ4n) is 3.65. The molecule has 0 aromatic heterocycles. The van der Waals surface area contributed by atoms with E-state index in [1.165, 1.54) is 24.3 Å². The third-order valence-electron chi connectivity index (χ3n) is 5.08. The second kappa shape index (κ2) is 7.96. The van der Waals surface area contributed by atoms with Gasteiger partial charge < -0.3 is 5.11 Å². The van der Waals surface area contributed by atoms with Crippen LogP contribution in [-0.4, -0.2) is 32.2 Å². The standard InChI is InChI=1S/C21H14N4O7/c26-8-7-12-1-3-13(4-2-12)22-21-17-9-14(23(27)28)5-6-16(17)20-18(21)10-15(24(29)30)11-19(20)25(31)32/h1-6,9-11,26H,7-8H2. The molecule has 0 saturated carbocycles. The third kappa shape index (κ3) is 3.56. The van der Waals surface area contributed by atoms with Gasteiger partial charge in [0.15, 0.2) is 0 Å². The van der Waals surface area contributed by atoms with E-state index in [1.807, 2.05) is 0 Å². The molecule has 4 rings (SSSR count). The van der Waals surface area contributed by atoms with Gasteiger partial charge in [0.05, 0.1) is 37.8 Å². The smallest absolute Gasteiger partial charge is 0.284 e. The van der Waals surface area contributed by atoms with Crippen molar-refractivity contribution in [3.63, 3.8) is 0 Å². The molecule has 0 bridgehead atoms. The van der Waals surface area contributed by atoms with Crippen LogP contribution >= 0.6 is 0 Å². The number of benzene rings is 3. The highest BCUT2D eigenvalue weighted by Crippen LogP contribution is 2.46. The molecule has 11 nitrogen and oxygen atoms in total. The van der Waals surface area contributed by atoms with Gasteiger partial charge in [0.1, 0.15) is 0 Å². The van der Waals surface area contributed by atoms with E-state index in [9.17, 15) is 30.3 Å². The highest BCUT2D eigenvalue weighted by Gasteiger charge is 2.35. The van der Waals surface area contributed by atoms with E-state index in [-0.39, 0.29) is 34.7 Å². The zero-order valence-electron chi connectivity index (χ0n) is 16.3. The van der Waals surface area contributed by atoms with Gasteiger partial charge in [-0.1, -0.05) is 12.1 Å². The summed E-state index contributed by atoms with van der Waals surface area (Å²) in [5.41, 5.74) is 1.17. The van der Waals surface area contributed by atoms with E-state index in [0.717, 1.165) is 11.6 Å². The van der Waals surface area contributed by atoms with Crippen molar-refractivity contribution in [2.45, 2.75) is 6.42 Å². The predicted octanol–water partition coefficient (Wildman–Crippen LogP) is 4.10. The molecule has 0 saturated heterocycles. The van der Waals surface area contributed by atoms with Gasteiger partial charge in [-0.15, -0.1) is 0 Å². The van der Waals surface area contributed by atoms with Gasteiger partial charge in [0, 0.05) is 35.9 Å². The second-order valence-corrected chi connectivity index (χ2v) is 6.99. The van der Waals surface area contributed by atoms with Crippen LogP contribution in [0.2, 0.25) is 0 Å². The minimum Gasteiger partial charge on any atom is -0.396 e. The number of hydrogen-bond donors (Lipinski definition) is 1. The highest BCUT2D eigenvalue weighted by molar-refractivity contribution is 6.27. The maximum atomic E-state index is 11.7. The van der Waals surface area contributed by atoms with Crippen molar-refractivity contribution in [2.75, 3.05) is 6.61 Å². The maximum Gasteiger partial charge on any atom is 0.284 e. The molecule has 3 aromatic carbocycles. The topological polar surface area (TPSA) is 162 Å². The molecule has 0 fully saturated rings. The first-order chi connectivity index (χ1) is 15.3. The lowest BCUT2D eigenvalue weighted by Crippen LogP contribution is -2.01. The van der Waals surface area contributed by atoms with E-state index in [4.69, 9.17) is 5.11 Å². The molecule has 3 aromatic rings. The van der Waals surface area contributed by atoms with Crippen molar-refractivity contribution in [3.8, 4) is 11.1 Å². The summed E-state index contributed by atoms with van der Waals surface area (Å²) < 4.78 is 0. The molecule has 0 radical (unpaired) electrons. The van der Waals surface area contributed by atoms with E-state index in [0.29, 0.717) is 17.7 Å². The summed E-state index contributed by atoms with van der Waals surface area (Å²) in [6, 6.07) is 12.7. The normalized spacial score (nSPS) is 13.0. The Morgan fingerprint density at radius 1 is 0.750 bits per heavy atom. The molecule has 1 aliphatic rings. The summed E-state index contributed by atoms with van der Waals surface area (Å²) in [7, 11) is 0. The number of aliphatic imine (C=N–C) groups is 1. The molecule has 0 unspecified atom stereocenters. The van der Waals surface area contributed by atoms with Crippen LogP contribution < -0.4 is 0 Å². The van der Waals surface area contributed by atoms with Crippen molar-refractivity contribution in [1.29, 1.82) is 0 Å². The molecule has 160 valence electrons. The monoisotopic (exact) mass is 434 g/mol. The minimum absolute atomic E-state index is 0.0222. The summed E-state index contributed by atoms with van der Waals surface area (Å²) in [5, 5.41) is 43.4. The van der Waals surface area contributed by atoms with Gasteiger partial charge in [-0.05, 0) is 35.7 Å². The average Bonchev–Trinajstić information content (AvgIpc) is 3.07. The van der Waals surface area contributed by atoms with E-state index in [1.54, 1.807) is 24.3 Å². The van der Waals surface area contributed by atoms with Gasteiger partial charge in [0.25, 0.3) is 17.1 Å². The van der Waals surface area contributed by atoms with E-state index < -0.39 is 26.1 Å². The van der Waals surface area contributed by atoms with Crippen molar-refractivity contribution in [2.24, 2.45) is 4.99 Å². The first-order valence-corrected chi connectivity index (χ1v) is 9.35. The quantitative estimate of drug-likeness (QED) is 0.353. The molecule has 0 spiro atoms. The van der Waals surface area contributed by atoms with Gasteiger partial charge in [-0.25, -0.2) is 4.99 Å². The van der Waals surface area contributed by atoms with Crippen molar-refractivity contribution < 1.29 is 19.9 Å². The zero-order chi connectivity index (χ0) is 23.0. The largest absolute Gasteiger partial charge is 0.396 e. The molecule has 11 heteroatoms. The minimum atomic E-state index is -0.736. The molecular weight excluding hydrogens is 420 g/mol. The van der Waals surface area contributed by atoms with Gasteiger partial charge in [0.2, 0.25) is 0 Å². The van der Waals surface area contributed by atoms with Crippen LogP contribution in [0.4, 0.5) is 22.7 Å². The lowest BCUT2D eigenvalue weighted by Gasteiger charge is -2.04. The Bertz CT molecular complexity index is 1320. The van der Waals surface area contributed by atoms with E-state index in [2.05, 4.69) is 4.99 Å². The molecule has 32 heavy (non-hydrogen) atoms. The first-order valence-electron chi connectivity index (χ1n) is 9.35. The molecule has 1 N–H and O–H groups in total. The first kappa shape index (κ1) is 20.8. The van der Waals surface area contributed by atoms with Crippen LogP contribution in [0, 0.1) is 30.3 Å². The summed E-state index contributed by atoms with van der Waals surface area (Å²) in [4.78, 5) is 36.9. The fraction of sp³-hybridized carbons (Fsp3) is 0.0952. The molecule has 0 aliphatic heterocycles. The number of nitro groups is 3. The Morgan fingerprint density at radius 3 is 2.00 bits per heavy atom. The molecule has 0 heterocycles. The number of aliphatic hydroxyl groups is 1. The van der Waals surface area contributed by atoms with Crippen LogP contribution in [0.25, 0.3) is 11.1 Å². The number of hydrogen-bond acceptors (Lipinski definition) is 8. The van der Waals surface area contributed by atoms with Crippen LogP contribution in [0.3, 0.4) is 0 Å². The number of nitro benzene ring substituents is 3. The Hall–Kier alpha value is -4.51. The van der Waals surface area contributed by atoms with Crippen LogP contribution in [-0.2, 0) is 6.42 Å². The average molecular weight is 434 g/mol. The second-order valence-electron chi connectivity index (χ2n) is 6.99. The Labute approximate surface area is 179 Å². The summed E-state index contributed by atoms with van der Waals surface area (Å²) in [6.07, 6.45) is 0.451. The van der Waals surface area contributed by atoms with Gasteiger partial charge >= 0.3 is 0 Å². The van der Waals surface area contributed by atoms with Crippen LogP contribution in [0.1, 0.15) is 16.7 Å². The Balaban J connectivity index is 2.00. The summed E-state index contributed by atoms with van der Waals surface area (Å²) in [6.45, 7) is -0.0222. The fourth-order valence-corrected chi connectivity index (χ4v) is 3.65. The van der Waals surface area contributed by atoms with Crippen LogP contribution in [0.15, 0.2) is 59.6 Å². The van der Waals surface area contributed by atoms with Crippen LogP contribution in [0.5, 0.6) is 0 Å². The molecule has 0 amide bonds. The zero-order valence-corrected chi connectivity index (χ0v) is 16.3. The van der Waals surface area contributed by atoms with Gasteiger partial charge in [-0.3, -0.25) is 30.3 Å². The molecular formula is C21H14N4O7. The molecule has 1 aliphatic carbocycles. The third-order valence-corrected chi connectivity index (χ3v) is 5.08. The Morgan fingerprint density at radius 2 is 1.41 bits per heavy atom.